The molecule has 154 valence electrons. The largest absolute Gasteiger partial charge is 0.507 e. The van der Waals surface area contributed by atoms with E-state index in [1.165, 1.54) is 24.3 Å². The second-order valence-electron chi connectivity index (χ2n) is 7.32. The minimum absolute atomic E-state index is 0.0437. The number of aromatic hydroxyl groups is 1. The molecule has 0 unspecified atom stereocenters. The number of hydrogen-bond acceptors (Lipinski definition) is 6. The van der Waals surface area contributed by atoms with Crippen molar-refractivity contribution in [2.24, 2.45) is 11.7 Å². The van der Waals surface area contributed by atoms with Gasteiger partial charge >= 0.3 is 11.9 Å². The number of nitrogens with two attached hydrogens (primary N) is 1. The van der Waals surface area contributed by atoms with Crippen molar-refractivity contribution in [1.82, 2.24) is 0 Å². The quantitative estimate of drug-likeness (QED) is 0.480. The highest BCUT2D eigenvalue weighted by atomic mass is 16.4. The Kier molecular flexibility index (Phi) is 4.79. The van der Waals surface area contributed by atoms with Crippen LogP contribution in [0.25, 0.3) is 22.3 Å². The van der Waals surface area contributed by atoms with E-state index in [4.69, 9.17) is 10.2 Å². The summed E-state index contributed by atoms with van der Waals surface area (Å²) in [5.41, 5.74) is 7.23. The highest BCUT2D eigenvalue weighted by Gasteiger charge is 2.36. The predicted octanol–water partition coefficient (Wildman–Crippen LogP) is 2.65. The molecule has 5 N–H and O–H groups in total. The fraction of sp³-hybridized carbons (Fsp3) is 0.227. The van der Waals surface area contributed by atoms with Crippen LogP contribution in [-0.4, -0.2) is 27.3 Å². The van der Waals surface area contributed by atoms with Crippen molar-refractivity contribution < 1.29 is 29.3 Å². The third kappa shape index (κ3) is 3.11. The lowest BCUT2D eigenvalue weighted by molar-refractivity contribution is -0.143. The Hall–Kier alpha value is -3.65. The second-order valence-corrected chi connectivity index (χ2v) is 7.32. The number of phenolic OH excluding ortho intramolecular Hbond substituents is 1. The first-order valence-corrected chi connectivity index (χ1v) is 9.40. The molecule has 0 bridgehead atoms. The number of allylic oxidation sites excluding steroid dienone is 1. The minimum Gasteiger partial charge on any atom is -0.507 e. The molecule has 8 nitrogen and oxygen atoms in total. The van der Waals surface area contributed by atoms with Crippen molar-refractivity contribution in [2.45, 2.75) is 25.3 Å². The number of carboxylic acids is 2. The molecular formula is C22H19NO7. The maximum absolute atomic E-state index is 12.0. The lowest BCUT2D eigenvalue weighted by atomic mass is 9.74. The van der Waals surface area contributed by atoms with Crippen LogP contribution in [0.3, 0.4) is 0 Å². The predicted molar refractivity (Wildman–Crippen MR) is 107 cm³/mol. The van der Waals surface area contributed by atoms with E-state index in [-0.39, 0.29) is 47.5 Å². The topological polar surface area (TPSA) is 151 Å². The molecule has 4 rings (SSSR count). The number of rotatable bonds is 4. The van der Waals surface area contributed by atoms with E-state index in [1.54, 1.807) is 12.1 Å². The Morgan fingerprint density at radius 1 is 1.17 bits per heavy atom. The lowest BCUT2D eigenvalue weighted by Gasteiger charge is -2.29. The molecule has 1 aromatic carbocycles. The summed E-state index contributed by atoms with van der Waals surface area (Å²) in [7, 11) is 0. The van der Waals surface area contributed by atoms with E-state index >= 15 is 0 Å². The molecule has 0 amide bonds. The normalized spacial score (nSPS) is 19.0. The van der Waals surface area contributed by atoms with Crippen LogP contribution in [0.5, 0.6) is 5.75 Å². The van der Waals surface area contributed by atoms with Gasteiger partial charge in [0, 0.05) is 35.1 Å². The van der Waals surface area contributed by atoms with E-state index in [0.29, 0.717) is 22.1 Å². The Labute approximate surface area is 170 Å². The summed E-state index contributed by atoms with van der Waals surface area (Å²) in [4.78, 5) is 35.5. The number of hydrogen-bond donors (Lipinski definition) is 4. The van der Waals surface area contributed by atoms with Crippen LogP contribution in [0.2, 0.25) is 0 Å². The van der Waals surface area contributed by atoms with Gasteiger partial charge in [-0.15, -0.1) is 0 Å². The average molecular weight is 409 g/mol. The third-order valence-electron chi connectivity index (χ3n) is 5.65. The van der Waals surface area contributed by atoms with E-state index in [9.17, 15) is 29.7 Å². The molecule has 1 aliphatic heterocycles. The molecule has 0 radical (unpaired) electrons. The van der Waals surface area contributed by atoms with Gasteiger partial charge in [-0.2, -0.15) is 0 Å². The van der Waals surface area contributed by atoms with Gasteiger partial charge in [-0.25, -0.2) is 4.79 Å². The van der Waals surface area contributed by atoms with Gasteiger partial charge in [-0.3, -0.25) is 9.59 Å². The molecule has 1 aromatic rings. The number of fused-ring (bicyclic) bond motifs is 2. The summed E-state index contributed by atoms with van der Waals surface area (Å²) in [5, 5.41) is 30.0. The third-order valence-corrected chi connectivity index (χ3v) is 5.65. The zero-order valence-electron chi connectivity index (χ0n) is 15.8. The van der Waals surface area contributed by atoms with Crippen molar-refractivity contribution >= 4 is 22.9 Å². The van der Waals surface area contributed by atoms with Crippen molar-refractivity contribution in [3.63, 3.8) is 0 Å². The summed E-state index contributed by atoms with van der Waals surface area (Å²) in [6, 6.07) is 7.21. The molecule has 0 saturated carbocycles. The second kappa shape index (κ2) is 7.31. The molecule has 2 atom stereocenters. The minimum atomic E-state index is -1.10. The van der Waals surface area contributed by atoms with Crippen molar-refractivity contribution in [3.8, 4) is 17.1 Å². The molecule has 1 heterocycles. The van der Waals surface area contributed by atoms with E-state index in [1.807, 2.05) is 0 Å². The maximum Gasteiger partial charge on any atom is 0.331 e. The summed E-state index contributed by atoms with van der Waals surface area (Å²) >= 11 is 0. The van der Waals surface area contributed by atoms with Gasteiger partial charge in [0.05, 0.1) is 11.5 Å². The van der Waals surface area contributed by atoms with Crippen LogP contribution in [0, 0.1) is 5.92 Å². The van der Waals surface area contributed by atoms with Gasteiger partial charge in [-0.05, 0) is 42.7 Å². The molecular weight excluding hydrogens is 390 g/mol. The molecule has 0 saturated heterocycles. The maximum atomic E-state index is 12.0. The number of aliphatic carboxylic acids is 2. The molecule has 0 aromatic heterocycles. The van der Waals surface area contributed by atoms with Crippen LogP contribution in [0.4, 0.5) is 0 Å². The van der Waals surface area contributed by atoms with Crippen LogP contribution < -0.4 is 11.2 Å². The van der Waals surface area contributed by atoms with Crippen molar-refractivity contribution in [3.05, 3.63) is 63.3 Å². The molecule has 3 aliphatic rings. The Bertz CT molecular complexity index is 1240. The van der Waals surface area contributed by atoms with Crippen LogP contribution in [0.1, 0.15) is 29.9 Å². The lowest BCUT2D eigenvalue weighted by Crippen LogP contribution is -2.26. The Balaban J connectivity index is 2.14. The molecule has 0 spiro atoms. The van der Waals surface area contributed by atoms with Crippen molar-refractivity contribution in [1.29, 1.82) is 0 Å². The van der Waals surface area contributed by atoms with E-state index in [2.05, 4.69) is 0 Å². The molecule has 30 heavy (non-hydrogen) atoms. The van der Waals surface area contributed by atoms with Gasteiger partial charge in [0.15, 0.2) is 5.43 Å². The van der Waals surface area contributed by atoms with Gasteiger partial charge < -0.3 is 25.5 Å². The van der Waals surface area contributed by atoms with Gasteiger partial charge in [0.25, 0.3) is 0 Å². The highest BCUT2D eigenvalue weighted by Crippen LogP contribution is 2.46. The first-order valence-electron chi connectivity index (χ1n) is 9.40. The SMILES string of the molecule is NCc1c(O)ccc2c([C@@H]3C=C(C(=O)O)CC[C@@H]3C(=O)O)c3ccc(=O)cc-3oc12. The molecule has 8 heteroatoms. The first kappa shape index (κ1) is 19.7. The number of phenols is 1. The highest BCUT2D eigenvalue weighted by molar-refractivity contribution is 5.94. The zero-order chi connectivity index (χ0) is 21.6. The summed E-state index contributed by atoms with van der Waals surface area (Å²) in [6.45, 7) is -0.0437. The summed E-state index contributed by atoms with van der Waals surface area (Å²) in [5.74, 6) is -3.63. The number of carboxylic acid groups (broad SMARTS) is 2. The van der Waals surface area contributed by atoms with Crippen LogP contribution in [-0.2, 0) is 16.1 Å². The van der Waals surface area contributed by atoms with E-state index < -0.39 is 23.8 Å². The molecule has 2 aliphatic carbocycles. The fourth-order valence-corrected chi connectivity index (χ4v) is 4.21. The van der Waals surface area contributed by atoms with Crippen LogP contribution in [0.15, 0.2) is 51.2 Å². The van der Waals surface area contributed by atoms with Crippen LogP contribution >= 0.6 is 0 Å². The Morgan fingerprint density at radius 2 is 1.93 bits per heavy atom. The number of benzene rings is 2. The standard InChI is InChI=1S/C22H19NO7/c23-9-16-17(25)6-5-14-19(13-4-2-11(24)8-18(13)30-20(14)16)15-7-10(21(26)27)1-3-12(15)22(28)29/h2,4-8,12,15,25H,1,3,9,23H2,(H,26,27)(H,28,29)/t12-,15+/m0/s1. The zero-order valence-corrected chi connectivity index (χ0v) is 15.8. The first-order chi connectivity index (χ1) is 14.3. The smallest absolute Gasteiger partial charge is 0.331 e. The van der Waals surface area contributed by atoms with E-state index in [0.717, 1.165) is 0 Å². The average Bonchev–Trinajstić information content (AvgIpc) is 2.71. The summed E-state index contributed by atoms with van der Waals surface area (Å²) < 4.78 is 5.91. The Morgan fingerprint density at radius 3 is 2.60 bits per heavy atom. The monoisotopic (exact) mass is 409 g/mol. The van der Waals surface area contributed by atoms with Gasteiger partial charge in [0.2, 0.25) is 0 Å². The number of carbonyl (C=O) groups is 2. The van der Waals surface area contributed by atoms with Gasteiger partial charge in [-0.1, -0.05) is 6.08 Å². The fourth-order valence-electron chi connectivity index (χ4n) is 4.21. The van der Waals surface area contributed by atoms with Crippen molar-refractivity contribution in [2.75, 3.05) is 0 Å². The van der Waals surface area contributed by atoms with Gasteiger partial charge in [0.1, 0.15) is 17.1 Å². The molecule has 0 fully saturated rings. The summed E-state index contributed by atoms with van der Waals surface area (Å²) in [6.07, 6.45) is 1.78.